The number of benzene rings is 2. The molecule has 0 aliphatic heterocycles. The Balaban J connectivity index is 1.80. The highest BCUT2D eigenvalue weighted by atomic mass is 32.1. The Labute approximate surface area is 186 Å². The van der Waals surface area contributed by atoms with Crippen molar-refractivity contribution in [2.45, 2.75) is 24.7 Å². The van der Waals surface area contributed by atoms with Crippen molar-refractivity contribution in [3.63, 3.8) is 0 Å². The third-order valence-corrected chi connectivity index (χ3v) is 5.63. The van der Waals surface area contributed by atoms with Gasteiger partial charge < -0.3 is 15.7 Å². The summed E-state index contributed by atoms with van der Waals surface area (Å²) in [5, 5.41) is 16.7. The Morgan fingerprint density at radius 2 is 1.72 bits per heavy atom. The molecule has 0 fully saturated rings. The second-order valence-corrected chi connectivity index (χ2v) is 8.01. The third-order valence-electron chi connectivity index (χ3n) is 4.76. The molecule has 168 valence electrons. The summed E-state index contributed by atoms with van der Waals surface area (Å²) in [6.45, 7) is -0.607. The van der Waals surface area contributed by atoms with Crippen LogP contribution in [0.3, 0.4) is 0 Å². The molecule has 0 aliphatic rings. The van der Waals surface area contributed by atoms with Gasteiger partial charge in [-0.25, -0.2) is 0 Å². The Bertz CT molecular complexity index is 1040. The van der Waals surface area contributed by atoms with E-state index in [1.807, 2.05) is 6.07 Å². The molecule has 0 spiro atoms. The predicted octanol–water partition coefficient (Wildman–Crippen LogP) is 3.96. The van der Waals surface area contributed by atoms with Crippen LogP contribution in [0.1, 0.15) is 32.4 Å². The average molecular weight is 462 g/mol. The maximum absolute atomic E-state index is 13.0. The number of halogens is 3. The van der Waals surface area contributed by atoms with Crippen molar-refractivity contribution < 1.29 is 27.9 Å². The molecule has 2 unspecified atom stereocenters. The molecule has 2 atom stereocenters. The van der Waals surface area contributed by atoms with Gasteiger partial charge in [-0.05, 0) is 34.7 Å². The molecule has 2 aromatic carbocycles. The SMILES string of the molecule is O=C(NC(Cc1ccccc1)C(=O)NC(CO)c1cccc(C(F)(F)F)c1)c1cccs1. The van der Waals surface area contributed by atoms with Gasteiger partial charge >= 0.3 is 6.18 Å². The summed E-state index contributed by atoms with van der Waals surface area (Å²) in [5.74, 6) is -1.05. The van der Waals surface area contributed by atoms with Gasteiger partial charge in [0.05, 0.1) is 23.1 Å². The molecule has 3 N–H and O–H groups in total. The molecule has 9 heteroatoms. The van der Waals surface area contributed by atoms with Crippen molar-refractivity contribution in [1.29, 1.82) is 0 Å². The van der Waals surface area contributed by atoms with Crippen LogP contribution in [0.15, 0.2) is 72.1 Å². The van der Waals surface area contributed by atoms with Gasteiger partial charge in [-0.15, -0.1) is 11.3 Å². The lowest BCUT2D eigenvalue weighted by Crippen LogP contribution is -2.49. The van der Waals surface area contributed by atoms with Crippen molar-refractivity contribution >= 4 is 23.2 Å². The number of hydrogen-bond acceptors (Lipinski definition) is 4. The van der Waals surface area contributed by atoms with E-state index in [-0.39, 0.29) is 12.0 Å². The molecule has 2 amide bonds. The first-order valence-electron chi connectivity index (χ1n) is 9.74. The maximum Gasteiger partial charge on any atom is 0.416 e. The van der Waals surface area contributed by atoms with Crippen molar-refractivity contribution in [1.82, 2.24) is 10.6 Å². The number of carbonyl (C=O) groups excluding carboxylic acids is 2. The predicted molar refractivity (Wildman–Crippen MR) is 115 cm³/mol. The summed E-state index contributed by atoms with van der Waals surface area (Å²) in [7, 11) is 0. The van der Waals surface area contributed by atoms with Crippen molar-refractivity contribution in [3.05, 3.63) is 93.7 Å². The minimum absolute atomic E-state index is 0.110. The molecule has 0 bridgehead atoms. The van der Waals surface area contributed by atoms with Gasteiger partial charge in [0.1, 0.15) is 6.04 Å². The van der Waals surface area contributed by atoms with Crippen LogP contribution >= 0.6 is 11.3 Å². The maximum atomic E-state index is 13.0. The lowest BCUT2D eigenvalue weighted by molar-refractivity contribution is -0.137. The largest absolute Gasteiger partial charge is 0.416 e. The van der Waals surface area contributed by atoms with Crippen molar-refractivity contribution in [2.24, 2.45) is 0 Å². The first-order chi connectivity index (χ1) is 15.3. The zero-order valence-electron chi connectivity index (χ0n) is 16.8. The van der Waals surface area contributed by atoms with Crippen LogP contribution in [-0.2, 0) is 17.4 Å². The molecule has 0 aliphatic carbocycles. The lowest BCUT2D eigenvalue weighted by atomic mass is 10.0. The lowest BCUT2D eigenvalue weighted by Gasteiger charge is -2.23. The number of nitrogens with one attached hydrogen (secondary N) is 2. The molecule has 0 saturated carbocycles. The molecule has 0 saturated heterocycles. The minimum atomic E-state index is -4.55. The Morgan fingerprint density at radius 1 is 0.969 bits per heavy atom. The summed E-state index contributed by atoms with van der Waals surface area (Å²) in [6.07, 6.45) is -4.38. The van der Waals surface area contributed by atoms with Crippen LogP contribution < -0.4 is 10.6 Å². The first-order valence-corrected chi connectivity index (χ1v) is 10.6. The summed E-state index contributed by atoms with van der Waals surface area (Å²) >= 11 is 1.22. The number of carbonyl (C=O) groups is 2. The molecule has 3 rings (SSSR count). The van der Waals surface area contributed by atoms with E-state index in [9.17, 15) is 27.9 Å². The minimum Gasteiger partial charge on any atom is -0.394 e. The van der Waals surface area contributed by atoms with Crippen molar-refractivity contribution in [2.75, 3.05) is 6.61 Å². The number of aliphatic hydroxyl groups excluding tert-OH is 1. The molecule has 0 radical (unpaired) electrons. The number of alkyl halides is 3. The Morgan fingerprint density at radius 3 is 2.34 bits per heavy atom. The smallest absolute Gasteiger partial charge is 0.394 e. The molecule has 1 heterocycles. The topological polar surface area (TPSA) is 78.4 Å². The zero-order valence-corrected chi connectivity index (χ0v) is 17.6. The van der Waals surface area contributed by atoms with Crippen LogP contribution in [0.5, 0.6) is 0 Å². The fourth-order valence-corrected chi connectivity index (χ4v) is 3.76. The van der Waals surface area contributed by atoms with Gasteiger partial charge in [0.25, 0.3) is 5.91 Å². The van der Waals surface area contributed by atoms with Gasteiger partial charge in [-0.1, -0.05) is 48.5 Å². The van der Waals surface area contributed by atoms with E-state index in [0.717, 1.165) is 17.7 Å². The van der Waals surface area contributed by atoms with Crippen molar-refractivity contribution in [3.8, 4) is 0 Å². The van der Waals surface area contributed by atoms with Crippen LogP contribution in [0.25, 0.3) is 0 Å². The van der Waals surface area contributed by atoms with E-state index in [1.54, 1.807) is 41.8 Å². The van der Waals surface area contributed by atoms with Gasteiger partial charge in [-0.2, -0.15) is 13.2 Å². The highest BCUT2D eigenvalue weighted by Gasteiger charge is 2.31. The summed E-state index contributed by atoms with van der Waals surface area (Å²) in [4.78, 5) is 26.0. The monoisotopic (exact) mass is 462 g/mol. The van der Waals surface area contributed by atoms with E-state index in [4.69, 9.17) is 0 Å². The molecule has 32 heavy (non-hydrogen) atoms. The Kier molecular flexibility index (Phi) is 7.66. The number of thiophene rings is 1. The number of aliphatic hydroxyl groups is 1. The number of amides is 2. The third kappa shape index (κ3) is 6.18. The summed E-state index contributed by atoms with van der Waals surface area (Å²) < 4.78 is 39.1. The fraction of sp³-hybridized carbons (Fsp3) is 0.217. The molecular weight excluding hydrogens is 441 g/mol. The van der Waals surface area contributed by atoms with Crippen LogP contribution in [0.4, 0.5) is 13.2 Å². The fourth-order valence-electron chi connectivity index (χ4n) is 3.13. The zero-order chi connectivity index (χ0) is 23.1. The van der Waals surface area contributed by atoms with E-state index < -0.39 is 42.2 Å². The molecular formula is C23H21F3N2O3S. The first kappa shape index (κ1) is 23.5. The summed E-state index contributed by atoms with van der Waals surface area (Å²) in [6, 6.07) is 14.7. The average Bonchev–Trinajstić information content (AvgIpc) is 3.32. The van der Waals surface area contributed by atoms with Gasteiger partial charge in [0.15, 0.2) is 0 Å². The molecule has 5 nitrogen and oxygen atoms in total. The van der Waals surface area contributed by atoms with E-state index in [2.05, 4.69) is 10.6 Å². The normalized spacial score (nSPS) is 13.2. The molecule has 3 aromatic rings. The van der Waals surface area contributed by atoms with E-state index in [0.29, 0.717) is 4.88 Å². The summed E-state index contributed by atoms with van der Waals surface area (Å²) in [5.41, 5.74) is 0.0204. The van der Waals surface area contributed by atoms with Gasteiger partial charge in [-0.3, -0.25) is 9.59 Å². The van der Waals surface area contributed by atoms with Gasteiger partial charge in [0.2, 0.25) is 5.91 Å². The Hall–Kier alpha value is -3.17. The van der Waals surface area contributed by atoms with E-state index >= 15 is 0 Å². The van der Waals surface area contributed by atoms with Gasteiger partial charge in [0, 0.05) is 6.42 Å². The second kappa shape index (κ2) is 10.4. The van der Waals surface area contributed by atoms with Crippen LogP contribution in [0.2, 0.25) is 0 Å². The highest BCUT2D eigenvalue weighted by Crippen LogP contribution is 2.30. The van der Waals surface area contributed by atoms with Crippen LogP contribution in [0, 0.1) is 0 Å². The highest BCUT2D eigenvalue weighted by molar-refractivity contribution is 7.12. The second-order valence-electron chi connectivity index (χ2n) is 7.06. The molecule has 1 aromatic heterocycles. The quantitative estimate of drug-likeness (QED) is 0.474. The van der Waals surface area contributed by atoms with Crippen LogP contribution in [-0.4, -0.2) is 29.6 Å². The standard InChI is InChI=1S/C23H21F3N2O3S/c24-23(25,26)17-9-4-8-16(13-17)19(14-29)28-21(30)18(12-15-6-2-1-3-7-15)27-22(31)20-10-5-11-32-20/h1-11,13,18-19,29H,12,14H2,(H,27,31)(H,28,30). The van der Waals surface area contributed by atoms with E-state index in [1.165, 1.54) is 23.5 Å². The number of rotatable bonds is 8. The number of hydrogen-bond donors (Lipinski definition) is 3.